The highest BCUT2D eigenvalue weighted by Crippen LogP contribution is 2.38. The summed E-state index contributed by atoms with van der Waals surface area (Å²) in [6, 6.07) is 13.8. The summed E-state index contributed by atoms with van der Waals surface area (Å²) in [5, 5.41) is 8.42. The molecule has 0 radical (unpaired) electrons. The van der Waals surface area contributed by atoms with Crippen LogP contribution in [0.25, 0.3) is 10.6 Å². The Morgan fingerprint density at radius 3 is 2.52 bits per heavy atom. The van der Waals surface area contributed by atoms with Crippen LogP contribution in [0.15, 0.2) is 64.6 Å². The molecule has 0 aliphatic heterocycles. The van der Waals surface area contributed by atoms with E-state index >= 15 is 0 Å². The molecule has 2 amide bonds. The molecule has 0 aliphatic rings. The number of ether oxygens (including phenoxy) is 1. The number of amides is 2. The molecule has 0 fully saturated rings. The van der Waals surface area contributed by atoms with E-state index in [2.05, 4.69) is 15.6 Å². The number of methoxy groups -OCH3 is 1. The number of thiophene rings is 1. The molecule has 146 valence electrons. The molecule has 4 rings (SSSR count). The summed E-state index contributed by atoms with van der Waals surface area (Å²) in [4.78, 5) is 30.3. The maximum absolute atomic E-state index is 12.5. The van der Waals surface area contributed by atoms with E-state index in [1.165, 1.54) is 28.9 Å². The van der Waals surface area contributed by atoms with Crippen LogP contribution in [-0.2, 0) is 0 Å². The predicted octanol–water partition coefficient (Wildman–Crippen LogP) is 4.98. The van der Waals surface area contributed by atoms with Crippen molar-refractivity contribution in [3.63, 3.8) is 0 Å². The van der Waals surface area contributed by atoms with Crippen molar-refractivity contribution >= 4 is 44.6 Å². The van der Waals surface area contributed by atoms with Crippen molar-refractivity contribution in [2.45, 2.75) is 0 Å². The summed E-state index contributed by atoms with van der Waals surface area (Å²) in [5.74, 6) is 0.172. The van der Waals surface area contributed by atoms with Gasteiger partial charge in [0.2, 0.25) is 0 Å². The zero-order chi connectivity index (χ0) is 20.2. The second kappa shape index (κ2) is 8.29. The van der Waals surface area contributed by atoms with Gasteiger partial charge in [0.1, 0.15) is 16.4 Å². The van der Waals surface area contributed by atoms with Gasteiger partial charge < -0.3 is 14.5 Å². The maximum Gasteiger partial charge on any atom is 0.292 e. The molecule has 3 aromatic heterocycles. The number of nitrogens with one attached hydrogen (secondary N) is 2. The van der Waals surface area contributed by atoms with Gasteiger partial charge in [-0.1, -0.05) is 17.4 Å². The summed E-state index contributed by atoms with van der Waals surface area (Å²) >= 11 is 2.67. The molecule has 29 heavy (non-hydrogen) atoms. The van der Waals surface area contributed by atoms with Crippen LogP contribution < -0.4 is 15.4 Å². The minimum Gasteiger partial charge on any atom is -0.497 e. The molecule has 0 unspecified atom stereocenters. The monoisotopic (exact) mass is 425 g/mol. The molecule has 9 heteroatoms. The van der Waals surface area contributed by atoms with Crippen LogP contribution >= 0.6 is 22.7 Å². The van der Waals surface area contributed by atoms with Gasteiger partial charge in [-0.25, -0.2) is 4.98 Å². The van der Waals surface area contributed by atoms with Crippen molar-refractivity contribution in [2.75, 3.05) is 17.7 Å². The topological polar surface area (TPSA) is 93.5 Å². The van der Waals surface area contributed by atoms with Crippen molar-refractivity contribution in [2.24, 2.45) is 0 Å². The predicted molar refractivity (Wildman–Crippen MR) is 113 cm³/mol. The second-order valence-corrected chi connectivity index (χ2v) is 7.73. The van der Waals surface area contributed by atoms with E-state index in [4.69, 9.17) is 9.15 Å². The zero-order valence-corrected chi connectivity index (χ0v) is 16.8. The van der Waals surface area contributed by atoms with Gasteiger partial charge in [-0.3, -0.25) is 14.9 Å². The number of benzene rings is 1. The lowest BCUT2D eigenvalue weighted by molar-refractivity contribution is 0.0995. The number of furan rings is 1. The summed E-state index contributed by atoms with van der Waals surface area (Å²) in [5.41, 5.74) is 1.06. The van der Waals surface area contributed by atoms with Crippen LogP contribution in [0.2, 0.25) is 0 Å². The SMILES string of the molecule is COc1ccc(C(=O)Nc2nc(-c3cccs3)c(NC(=O)c3ccco3)s2)cc1. The van der Waals surface area contributed by atoms with E-state index in [1.54, 1.807) is 43.5 Å². The standard InChI is InChI=1S/C20H15N3O4S2/c1-26-13-8-6-12(7-9-13)17(24)23-20-21-16(15-5-3-11-28-15)19(29-20)22-18(25)14-4-2-10-27-14/h2-11H,1H3,(H,22,25)(H,21,23,24). The minimum absolute atomic E-state index is 0.194. The van der Waals surface area contributed by atoms with E-state index in [1.807, 2.05) is 17.5 Å². The number of carbonyl (C=O) groups is 2. The number of rotatable bonds is 6. The van der Waals surface area contributed by atoms with Crippen molar-refractivity contribution in [1.82, 2.24) is 4.98 Å². The fourth-order valence-electron chi connectivity index (χ4n) is 2.52. The number of anilines is 2. The molecule has 0 saturated heterocycles. The smallest absolute Gasteiger partial charge is 0.292 e. The minimum atomic E-state index is -0.385. The largest absolute Gasteiger partial charge is 0.497 e. The summed E-state index contributed by atoms with van der Waals surface area (Å²) in [7, 11) is 1.56. The first-order chi connectivity index (χ1) is 14.1. The zero-order valence-electron chi connectivity index (χ0n) is 15.2. The van der Waals surface area contributed by atoms with Crippen LogP contribution in [0.3, 0.4) is 0 Å². The van der Waals surface area contributed by atoms with Crippen LogP contribution in [-0.4, -0.2) is 23.9 Å². The van der Waals surface area contributed by atoms with E-state index < -0.39 is 0 Å². The Kier molecular flexibility index (Phi) is 5.41. The van der Waals surface area contributed by atoms with E-state index in [9.17, 15) is 9.59 Å². The lowest BCUT2D eigenvalue weighted by Crippen LogP contribution is -2.11. The maximum atomic E-state index is 12.5. The van der Waals surface area contributed by atoms with Crippen molar-refractivity contribution in [3.05, 3.63) is 71.5 Å². The Labute approximate surface area is 174 Å². The first-order valence-electron chi connectivity index (χ1n) is 8.49. The number of hydrogen-bond acceptors (Lipinski definition) is 7. The van der Waals surface area contributed by atoms with E-state index in [0.717, 1.165) is 4.88 Å². The fraction of sp³-hybridized carbons (Fsp3) is 0.0500. The Balaban J connectivity index is 1.58. The van der Waals surface area contributed by atoms with Crippen molar-refractivity contribution in [3.8, 4) is 16.3 Å². The molecule has 0 saturated carbocycles. The quantitative estimate of drug-likeness (QED) is 0.455. The molecule has 2 N–H and O–H groups in total. The number of nitrogens with zero attached hydrogens (tertiary/aromatic N) is 1. The first kappa shape index (κ1) is 18.9. The van der Waals surface area contributed by atoms with Crippen LogP contribution in [0.1, 0.15) is 20.9 Å². The molecule has 1 aromatic carbocycles. The first-order valence-corrected chi connectivity index (χ1v) is 10.2. The molecular formula is C20H15N3O4S2. The average molecular weight is 425 g/mol. The van der Waals surface area contributed by atoms with E-state index in [-0.39, 0.29) is 17.6 Å². The van der Waals surface area contributed by atoms with Gasteiger partial charge in [0, 0.05) is 5.56 Å². The van der Waals surface area contributed by atoms with Crippen LogP contribution in [0, 0.1) is 0 Å². The van der Waals surface area contributed by atoms with Gasteiger partial charge in [0.25, 0.3) is 11.8 Å². The molecule has 0 atom stereocenters. The highest BCUT2D eigenvalue weighted by Gasteiger charge is 2.19. The normalized spacial score (nSPS) is 10.5. The Morgan fingerprint density at radius 2 is 1.86 bits per heavy atom. The third-order valence-electron chi connectivity index (χ3n) is 3.93. The van der Waals surface area contributed by atoms with Gasteiger partial charge in [0.05, 0.1) is 18.3 Å². The average Bonchev–Trinajstić information content (AvgIpc) is 3.49. The molecule has 4 aromatic rings. The number of carbonyl (C=O) groups excluding carboxylic acids is 2. The lowest BCUT2D eigenvalue weighted by Gasteiger charge is -2.03. The Hall–Kier alpha value is -3.43. The Bertz CT molecular complexity index is 1120. The van der Waals surface area contributed by atoms with Crippen molar-refractivity contribution < 1.29 is 18.7 Å². The third kappa shape index (κ3) is 4.20. The third-order valence-corrected chi connectivity index (χ3v) is 5.69. The van der Waals surface area contributed by atoms with Gasteiger partial charge >= 0.3 is 0 Å². The summed E-state index contributed by atoms with van der Waals surface area (Å²) in [6.45, 7) is 0. The van der Waals surface area contributed by atoms with E-state index in [0.29, 0.717) is 27.1 Å². The molecule has 0 spiro atoms. The number of thiazole rings is 1. The van der Waals surface area contributed by atoms with Gasteiger partial charge in [-0.05, 0) is 47.8 Å². The van der Waals surface area contributed by atoms with Crippen LogP contribution in [0.5, 0.6) is 5.75 Å². The molecule has 7 nitrogen and oxygen atoms in total. The molecular weight excluding hydrogens is 410 g/mol. The highest BCUT2D eigenvalue weighted by molar-refractivity contribution is 7.21. The summed E-state index contributed by atoms with van der Waals surface area (Å²) < 4.78 is 10.2. The second-order valence-electron chi connectivity index (χ2n) is 5.79. The van der Waals surface area contributed by atoms with Gasteiger partial charge in [0.15, 0.2) is 10.9 Å². The van der Waals surface area contributed by atoms with Gasteiger partial charge in [-0.15, -0.1) is 11.3 Å². The molecule has 0 aliphatic carbocycles. The molecule has 0 bridgehead atoms. The lowest BCUT2D eigenvalue weighted by atomic mass is 10.2. The van der Waals surface area contributed by atoms with Crippen LogP contribution in [0.4, 0.5) is 10.1 Å². The number of aromatic nitrogens is 1. The van der Waals surface area contributed by atoms with Gasteiger partial charge in [-0.2, -0.15) is 0 Å². The fourth-order valence-corrected chi connectivity index (χ4v) is 4.18. The molecule has 3 heterocycles. The number of hydrogen-bond donors (Lipinski definition) is 2. The Morgan fingerprint density at radius 1 is 1.03 bits per heavy atom. The van der Waals surface area contributed by atoms with Crippen molar-refractivity contribution in [1.29, 1.82) is 0 Å². The highest BCUT2D eigenvalue weighted by atomic mass is 32.1. The summed E-state index contributed by atoms with van der Waals surface area (Å²) in [6.07, 6.45) is 1.43.